The maximum Gasteiger partial charge on any atom is 0.326 e. The molecule has 2 amide bonds. The number of carboxylic acids is 1. The summed E-state index contributed by atoms with van der Waals surface area (Å²) in [5.41, 5.74) is 3.28. The van der Waals surface area contributed by atoms with Crippen LogP contribution in [-0.2, 0) is 30.3 Å². The van der Waals surface area contributed by atoms with Crippen molar-refractivity contribution < 1.29 is 33.8 Å². The first kappa shape index (κ1) is 45.3. The number of unbranched alkanes of at least 4 members (excludes halogenated alkanes) is 5. The monoisotopic (exact) mass is 734 g/mol. The van der Waals surface area contributed by atoms with Gasteiger partial charge in [0.05, 0.1) is 11.7 Å². The third-order valence-electron chi connectivity index (χ3n) is 9.59. The number of rotatable bonds is 25. The van der Waals surface area contributed by atoms with Crippen molar-refractivity contribution in [3.63, 3.8) is 0 Å². The van der Waals surface area contributed by atoms with Gasteiger partial charge in [-0.15, -0.1) is 0 Å². The average molecular weight is 735 g/mol. The average Bonchev–Trinajstić information content (AvgIpc) is 3.11. The maximum absolute atomic E-state index is 14.0. The number of carbonyl (C=O) groups is 5. The highest BCUT2D eigenvalue weighted by Crippen LogP contribution is 2.24. The standard InChI is InChI=1S/C44H66N2O7/c1-9-12-15-18-36(29-38(47)35-26-24-34(25-27-35)33-22-20-32(21-23-33)17-14-11-3)42(50)46-40(31(5)53-44(6,7)8)39(48)28-30(4)41(49)45-37(43(51)52)19-16-13-10-2/h20-27,30-31,36-37,40H,9-19,28-29H2,1-8H3,(H,45,49)(H,46,50)(H,51,52)/t30-,31-,36-,37+,40+/m1/s1. The molecular weight excluding hydrogens is 668 g/mol. The van der Waals surface area contributed by atoms with Gasteiger partial charge in [0.1, 0.15) is 12.1 Å². The van der Waals surface area contributed by atoms with Crippen molar-refractivity contribution in [3.8, 4) is 11.1 Å². The van der Waals surface area contributed by atoms with Gasteiger partial charge in [-0.1, -0.05) is 121 Å². The quantitative estimate of drug-likeness (QED) is 0.0684. The molecule has 9 nitrogen and oxygen atoms in total. The molecule has 2 rings (SSSR count). The number of benzene rings is 2. The molecule has 0 spiro atoms. The van der Waals surface area contributed by atoms with Crippen LogP contribution in [0.1, 0.15) is 148 Å². The molecule has 0 aliphatic rings. The Morgan fingerprint density at radius 3 is 1.77 bits per heavy atom. The molecule has 0 unspecified atom stereocenters. The Labute approximate surface area is 318 Å². The number of carboxylic acid groups (broad SMARTS) is 1. The van der Waals surface area contributed by atoms with E-state index in [1.54, 1.807) is 26.0 Å². The number of nitrogens with one attached hydrogen (secondary N) is 2. The van der Waals surface area contributed by atoms with Gasteiger partial charge in [-0.05, 0) is 70.1 Å². The van der Waals surface area contributed by atoms with E-state index in [2.05, 4.69) is 48.7 Å². The van der Waals surface area contributed by atoms with Gasteiger partial charge in [-0.3, -0.25) is 19.2 Å². The van der Waals surface area contributed by atoms with E-state index in [0.29, 0.717) is 24.8 Å². The van der Waals surface area contributed by atoms with Crippen LogP contribution in [0.2, 0.25) is 0 Å². The number of Topliss-reactive ketones (excluding diaryl/α,β-unsaturated/α-hetero) is 2. The lowest BCUT2D eigenvalue weighted by molar-refractivity contribution is -0.143. The molecule has 0 saturated heterocycles. The van der Waals surface area contributed by atoms with Gasteiger partial charge in [-0.2, -0.15) is 0 Å². The number of carbonyl (C=O) groups excluding carboxylic acids is 4. The van der Waals surface area contributed by atoms with Gasteiger partial charge in [0, 0.05) is 30.2 Å². The van der Waals surface area contributed by atoms with Crippen LogP contribution in [0.3, 0.4) is 0 Å². The van der Waals surface area contributed by atoms with Crippen molar-refractivity contribution in [1.29, 1.82) is 0 Å². The normalized spacial score (nSPS) is 14.4. The summed E-state index contributed by atoms with van der Waals surface area (Å²) in [7, 11) is 0. The fourth-order valence-electron chi connectivity index (χ4n) is 6.45. The Morgan fingerprint density at radius 1 is 0.698 bits per heavy atom. The third kappa shape index (κ3) is 16.4. The Hall–Kier alpha value is -3.85. The number of hydrogen-bond acceptors (Lipinski definition) is 6. The van der Waals surface area contributed by atoms with Crippen molar-refractivity contribution in [1.82, 2.24) is 10.6 Å². The number of aliphatic carboxylic acids is 1. The van der Waals surface area contributed by atoms with Crippen molar-refractivity contribution >= 4 is 29.4 Å². The molecule has 53 heavy (non-hydrogen) atoms. The van der Waals surface area contributed by atoms with Gasteiger partial charge in [0.25, 0.3) is 0 Å². The van der Waals surface area contributed by atoms with E-state index in [-0.39, 0.29) is 18.6 Å². The molecule has 5 atom stereocenters. The van der Waals surface area contributed by atoms with Gasteiger partial charge in [0.2, 0.25) is 11.8 Å². The van der Waals surface area contributed by atoms with Gasteiger partial charge in [-0.25, -0.2) is 4.79 Å². The second-order valence-electron chi connectivity index (χ2n) is 15.6. The van der Waals surface area contributed by atoms with Crippen LogP contribution < -0.4 is 10.6 Å². The molecule has 2 aromatic rings. The summed E-state index contributed by atoms with van der Waals surface area (Å²) >= 11 is 0. The van der Waals surface area contributed by atoms with Crippen LogP contribution >= 0.6 is 0 Å². The Kier molecular flexibility index (Phi) is 19.7. The summed E-state index contributed by atoms with van der Waals surface area (Å²) in [6.45, 7) is 15.1. The van der Waals surface area contributed by atoms with E-state index in [0.717, 1.165) is 62.5 Å². The molecule has 0 radical (unpaired) electrons. The van der Waals surface area contributed by atoms with E-state index in [1.807, 2.05) is 39.8 Å². The fourth-order valence-corrected chi connectivity index (χ4v) is 6.45. The molecule has 294 valence electrons. The molecule has 0 aliphatic carbocycles. The summed E-state index contributed by atoms with van der Waals surface area (Å²) in [5, 5.41) is 15.1. The van der Waals surface area contributed by atoms with Crippen LogP contribution in [0, 0.1) is 11.8 Å². The number of aryl methyl sites for hydroxylation is 1. The highest BCUT2D eigenvalue weighted by molar-refractivity contribution is 6.00. The Morgan fingerprint density at radius 2 is 1.25 bits per heavy atom. The number of hydrogen-bond donors (Lipinski definition) is 3. The number of amides is 2. The van der Waals surface area contributed by atoms with Crippen LogP contribution in [0.15, 0.2) is 48.5 Å². The molecular formula is C44H66N2O7. The molecule has 9 heteroatoms. The molecule has 0 aromatic heterocycles. The lowest BCUT2D eigenvalue weighted by Gasteiger charge is -2.32. The highest BCUT2D eigenvalue weighted by atomic mass is 16.5. The molecule has 3 N–H and O–H groups in total. The largest absolute Gasteiger partial charge is 0.480 e. The molecule has 0 fully saturated rings. The minimum Gasteiger partial charge on any atom is -0.480 e. The Bertz CT molecular complexity index is 1450. The first-order valence-corrected chi connectivity index (χ1v) is 19.9. The van der Waals surface area contributed by atoms with Crippen molar-refractivity contribution in [3.05, 3.63) is 59.7 Å². The summed E-state index contributed by atoms with van der Waals surface area (Å²) in [5.74, 6) is -4.10. The lowest BCUT2D eigenvalue weighted by Crippen LogP contribution is -2.53. The van der Waals surface area contributed by atoms with Gasteiger partial charge >= 0.3 is 5.97 Å². The molecule has 0 heterocycles. The van der Waals surface area contributed by atoms with E-state index in [4.69, 9.17) is 4.74 Å². The van der Waals surface area contributed by atoms with E-state index < -0.39 is 59.2 Å². The topological polar surface area (TPSA) is 139 Å². The smallest absolute Gasteiger partial charge is 0.326 e. The summed E-state index contributed by atoms with van der Waals surface area (Å²) in [6, 6.07) is 13.9. The molecule has 2 aromatic carbocycles. The Balaban J connectivity index is 2.22. The van der Waals surface area contributed by atoms with Crippen LogP contribution in [0.4, 0.5) is 0 Å². The van der Waals surface area contributed by atoms with Gasteiger partial charge < -0.3 is 20.5 Å². The fraction of sp³-hybridized carbons (Fsp3) is 0.614. The lowest BCUT2D eigenvalue weighted by atomic mass is 9.90. The second kappa shape index (κ2) is 23.0. The third-order valence-corrected chi connectivity index (χ3v) is 9.59. The second-order valence-corrected chi connectivity index (χ2v) is 15.6. The van der Waals surface area contributed by atoms with Crippen LogP contribution in [-0.4, -0.2) is 58.2 Å². The number of ether oxygens (including phenoxy) is 1. The summed E-state index contributed by atoms with van der Waals surface area (Å²) in [4.78, 5) is 66.3. The molecule has 0 saturated carbocycles. The predicted octanol–water partition coefficient (Wildman–Crippen LogP) is 8.90. The van der Waals surface area contributed by atoms with Crippen molar-refractivity contribution in [2.24, 2.45) is 11.8 Å². The zero-order valence-corrected chi connectivity index (χ0v) is 33.6. The zero-order chi connectivity index (χ0) is 39.6. The molecule has 0 bridgehead atoms. The zero-order valence-electron chi connectivity index (χ0n) is 33.6. The highest BCUT2D eigenvalue weighted by Gasteiger charge is 2.35. The predicted molar refractivity (Wildman–Crippen MR) is 212 cm³/mol. The summed E-state index contributed by atoms with van der Waals surface area (Å²) in [6.07, 6.45) is 8.22. The minimum atomic E-state index is -1.11. The van der Waals surface area contributed by atoms with Crippen molar-refractivity contribution in [2.75, 3.05) is 0 Å². The SMILES string of the molecule is CCCCC[C@H](CC(=O)c1ccc(-c2ccc(CCCC)cc2)cc1)C(=O)N[C@H](C(=O)C[C@@H](C)C(=O)N[C@@H](CCCCC)C(=O)O)[C@@H](C)OC(C)(C)C. The van der Waals surface area contributed by atoms with Gasteiger partial charge in [0.15, 0.2) is 11.6 Å². The van der Waals surface area contributed by atoms with Crippen LogP contribution in [0.25, 0.3) is 11.1 Å². The first-order valence-electron chi connectivity index (χ1n) is 19.9. The molecule has 0 aliphatic heterocycles. The maximum atomic E-state index is 14.0. The van der Waals surface area contributed by atoms with Crippen LogP contribution in [0.5, 0.6) is 0 Å². The van der Waals surface area contributed by atoms with Crippen molar-refractivity contribution in [2.45, 2.75) is 163 Å². The first-order chi connectivity index (χ1) is 25.1. The minimum absolute atomic E-state index is 0.0101. The number of ketones is 2. The summed E-state index contributed by atoms with van der Waals surface area (Å²) < 4.78 is 6.13. The van der Waals surface area contributed by atoms with E-state index in [1.165, 1.54) is 5.56 Å². The van der Waals surface area contributed by atoms with E-state index in [9.17, 15) is 29.1 Å². The van der Waals surface area contributed by atoms with E-state index >= 15 is 0 Å².